The van der Waals surface area contributed by atoms with Crippen molar-refractivity contribution in [2.45, 2.75) is 32.9 Å². The highest BCUT2D eigenvalue weighted by Crippen LogP contribution is 2.41. The van der Waals surface area contributed by atoms with E-state index < -0.39 is 11.7 Å². The fraction of sp³-hybridized carbons (Fsp3) is 0.417. The summed E-state index contributed by atoms with van der Waals surface area (Å²) in [5, 5.41) is 27.3. The van der Waals surface area contributed by atoms with Crippen LogP contribution in [-0.4, -0.2) is 80.2 Å². The topological polar surface area (TPSA) is 130 Å². The van der Waals surface area contributed by atoms with Crippen LogP contribution in [0.4, 0.5) is 10.5 Å². The van der Waals surface area contributed by atoms with E-state index in [1.807, 2.05) is 6.07 Å². The smallest absolute Gasteiger partial charge is 0.410 e. The molecule has 0 spiro atoms. The van der Waals surface area contributed by atoms with E-state index in [2.05, 4.69) is 10.3 Å². The fourth-order valence-electron chi connectivity index (χ4n) is 4.08. The van der Waals surface area contributed by atoms with Crippen LogP contribution in [0.3, 0.4) is 0 Å². The first-order chi connectivity index (χ1) is 16.2. The average molecular weight is 468 g/mol. The highest BCUT2D eigenvalue weighted by molar-refractivity contribution is 6.27. The number of ketones is 1. The Bertz CT molecular complexity index is 1230. The first-order valence-corrected chi connectivity index (χ1v) is 11.2. The van der Waals surface area contributed by atoms with E-state index in [4.69, 9.17) is 9.84 Å². The molecule has 0 saturated heterocycles. The molecule has 1 aromatic carbocycles. The number of hydrogen-bond donors (Lipinski definition) is 3. The summed E-state index contributed by atoms with van der Waals surface area (Å²) in [5.41, 5.74) is 3.04. The van der Waals surface area contributed by atoms with Gasteiger partial charge in [-0.2, -0.15) is 5.10 Å². The Kier molecular flexibility index (Phi) is 6.54. The minimum Gasteiger partial charge on any atom is -0.444 e. The summed E-state index contributed by atoms with van der Waals surface area (Å²) in [4.78, 5) is 31.6. The van der Waals surface area contributed by atoms with Crippen LogP contribution in [0.25, 0.3) is 22.2 Å². The number of ether oxygens (including phenoxy) is 1. The maximum absolute atomic E-state index is 13.4. The lowest BCUT2D eigenvalue weighted by Gasteiger charge is -2.27. The summed E-state index contributed by atoms with van der Waals surface area (Å²) in [6, 6.07) is 5.35. The molecule has 0 fully saturated rings. The second kappa shape index (κ2) is 9.40. The van der Waals surface area contributed by atoms with Crippen molar-refractivity contribution < 1.29 is 24.5 Å². The molecule has 1 amide bonds. The van der Waals surface area contributed by atoms with Crippen LogP contribution in [0.15, 0.2) is 30.6 Å². The molecule has 2 heterocycles. The summed E-state index contributed by atoms with van der Waals surface area (Å²) in [6.07, 6.45) is 2.70. The maximum Gasteiger partial charge on any atom is 0.410 e. The number of aliphatic hydroxyl groups excluding tert-OH is 2. The van der Waals surface area contributed by atoms with Crippen LogP contribution < -0.4 is 5.32 Å². The van der Waals surface area contributed by atoms with Crippen LogP contribution in [0.2, 0.25) is 0 Å². The summed E-state index contributed by atoms with van der Waals surface area (Å²) in [7, 11) is 0. The zero-order valence-corrected chi connectivity index (χ0v) is 19.5. The van der Waals surface area contributed by atoms with Crippen molar-refractivity contribution in [2.75, 3.05) is 38.2 Å². The summed E-state index contributed by atoms with van der Waals surface area (Å²) in [5.74, 6) is -0.133. The molecule has 0 aliphatic heterocycles. The van der Waals surface area contributed by atoms with E-state index >= 15 is 0 Å². The SMILES string of the molecule is CC(C)(C)OC(=O)N(CCO)CCn1nc2c3c(c(NCCO)ccc31)C(=O)c1ccncc1-2. The van der Waals surface area contributed by atoms with Gasteiger partial charge in [-0.15, -0.1) is 0 Å². The molecule has 180 valence electrons. The minimum absolute atomic E-state index is 0.0658. The van der Waals surface area contributed by atoms with E-state index in [1.54, 1.807) is 50.0 Å². The van der Waals surface area contributed by atoms with Crippen molar-refractivity contribution in [1.82, 2.24) is 19.7 Å². The van der Waals surface area contributed by atoms with E-state index in [9.17, 15) is 19.8 Å². The largest absolute Gasteiger partial charge is 0.444 e. The number of aliphatic hydroxyl groups is 2. The molecule has 0 bridgehead atoms. The van der Waals surface area contributed by atoms with Crippen molar-refractivity contribution in [3.8, 4) is 11.3 Å². The molecule has 1 aliphatic rings. The number of benzene rings is 1. The molecular formula is C24H29N5O5. The molecule has 10 nitrogen and oxygen atoms in total. The first-order valence-electron chi connectivity index (χ1n) is 11.2. The number of anilines is 1. The van der Waals surface area contributed by atoms with Crippen molar-refractivity contribution in [1.29, 1.82) is 0 Å². The number of aromatic nitrogens is 3. The lowest BCUT2D eigenvalue weighted by Crippen LogP contribution is -2.40. The Morgan fingerprint density at radius 1 is 1.15 bits per heavy atom. The average Bonchev–Trinajstić information content (AvgIpc) is 3.16. The first kappa shape index (κ1) is 23.7. The molecular weight excluding hydrogens is 438 g/mol. The predicted molar refractivity (Wildman–Crippen MR) is 127 cm³/mol. The zero-order valence-electron chi connectivity index (χ0n) is 19.5. The zero-order chi connectivity index (χ0) is 24.5. The normalized spacial score (nSPS) is 12.6. The number of fused-ring (bicyclic) bond motifs is 2. The second-order valence-electron chi connectivity index (χ2n) is 9.05. The molecule has 0 radical (unpaired) electrons. The standard InChI is InChI=1S/C24H29N5O5/c1-24(2,3)34-23(33)28(11-13-31)9-10-29-18-5-4-17(26-8-12-30)19-20(18)21(27-29)16-14-25-7-6-15(16)22(19)32/h4-7,14,26,30-31H,8-13H2,1-3H3. The Morgan fingerprint density at radius 2 is 1.94 bits per heavy atom. The van der Waals surface area contributed by atoms with Crippen LogP contribution >= 0.6 is 0 Å². The van der Waals surface area contributed by atoms with Gasteiger partial charge in [0, 0.05) is 54.2 Å². The molecule has 10 heteroatoms. The van der Waals surface area contributed by atoms with Crippen LogP contribution in [0, 0.1) is 0 Å². The quantitative estimate of drug-likeness (QED) is 0.360. The maximum atomic E-state index is 13.4. The molecule has 34 heavy (non-hydrogen) atoms. The highest BCUT2D eigenvalue weighted by atomic mass is 16.6. The number of carbonyl (C=O) groups excluding carboxylic acids is 2. The van der Waals surface area contributed by atoms with Gasteiger partial charge in [-0.3, -0.25) is 14.5 Å². The van der Waals surface area contributed by atoms with Crippen molar-refractivity contribution in [3.63, 3.8) is 0 Å². The van der Waals surface area contributed by atoms with Crippen LogP contribution in [0.1, 0.15) is 36.7 Å². The van der Waals surface area contributed by atoms with Gasteiger partial charge >= 0.3 is 6.09 Å². The van der Waals surface area contributed by atoms with Gasteiger partial charge in [-0.05, 0) is 39.0 Å². The third-order valence-electron chi connectivity index (χ3n) is 5.50. The Labute approximate surface area is 197 Å². The highest BCUT2D eigenvalue weighted by Gasteiger charge is 2.31. The molecule has 3 N–H and O–H groups in total. The monoisotopic (exact) mass is 467 g/mol. The number of hydrogen-bond acceptors (Lipinski definition) is 8. The third-order valence-corrected chi connectivity index (χ3v) is 5.50. The number of nitrogens with zero attached hydrogens (tertiary/aromatic N) is 4. The number of rotatable bonds is 8. The minimum atomic E-state index is -0.654. The van der Waals surface area contributed by atoms with Gasteiger partial charge in [0.25, 0.3) is 0 Å². The summed E-state index contributed by atoms with van der Waals surface area (Å²) >= 11 is 0. The second-order valence-corrected chi connectivity index (χ2v) is 9.05. The van der Waals surface area contributed by atoms with Gasteiger partial charge in [-0.1, -0.05) is 0 Å². The van der Waals surface area contributed by atoms with Crippen molar-refractivity contribution in [3.05, 3.63) is 41.7 Å². The van der Waals surface area contributed by atoms with E-state index in [1.165, 1.54) is 4.90 Å². The molecule has 3 aromatic rings. The number of pyridine rings is 1. The van der Waals surface area contributed by atoms with Crippen LogP contribution in [-0.2, 0) is 11.3 Å². The predicted octanol–water partition coefficient (Wildman–Crippen LogP) is 2.28. The number of nitrogens with one attached hydrogen (secondary N) is 1. The summed E-state index contributed by atoms with van der Waals surface area (Å²) in [6.45, 7) is 6.15. The fourth-order valence-corrected chi connectivity index (χ4v) is 4.08. The van der Waals surface area contributed by atoms with Gasteiger partial charge in [0.1, 0.15) is 11.3 Å². The molecule has 0 atom stereocenters. The molecule has 0 unspecified atom stereocenters. The Morgan fingerprint density at radius 3 is 2.65 bits per heavy atom. The molecule has 2 aromatic heterocycles. The van der Waals surface area contributed by atoms with E-state index in [0.29, 0.717) is 46.5 Å². The lowest BCUT2D eigenvalue weighted by atomic mass is 9.87. The van der Waals surface area contributed by atoms with Crippen molar-refractivity contribution in [2.24, 2.45) is 0 Å². The van der Waals surface area contributed by atoms with Gasteiger partial charge in [0.15, 0.2) is 5.78 Å². The van der Waals surface area contributed by atoms with Gasteiger partial charge in [0.2, 0.25) is 0 Å². The van der Waals surface area contributed by atoms with Crippen molar-refractivity contribution >= 4 is 28.5 Å². The number of carbonyl (C=O) groups is 2. The lowest BCUT2D eigenvalue weighted by molar-refractivity contribution is 0.0211. The number of amides is 1. The van der Waals surface area contributed by atoms with E-state index in [-0.39, 0.29) is 32.1 Å². The molecule has 0 saturated carbocycles. The van der Waals surface area contributed by atoms with Gasteiger partial charge in [-0.25, -0.2) is 4.79 Å². The molecule has 1 aliphatic carbocycles. The van der Waals surface area contributed by atoms with Crippen LogP contribution in [0.5, 0.6) is 0 Å². The third kappa shape index (κ3) is 4.46. The van der Waals surface area contributed by atoms with Gasteiger partial charge < -0.3 is 25.2 Å². The summed E-state index contributed by atoms with van der Waals surface area (Å²) < 4.78 is 7.22. The molecule has 4 rings (SSSR count). The van der Waals surface area contributed by atoms with Gasteiger partial charge in [0.05, 0.1) is 30.8 Å². The Hall–Kier alpha value is -3.50. The Balaban J connectivity index is 1.74. The van der Waals surface area contributed by atoms with E-state index in [0.717, 1.165) is 5.52 Å².